The van der Waals surface area contributed by atoms with Crippen molar-refractivity contribution in [1.82, 2.24) is 5.32 Å². The van der Waals surface area contributed by atoms with Gasteiger partial charge in [0.25, 0.3) is 5.78 Å². The second kappa shape index (κ2) is 14.6. The number of azide groups is 1. The van der Waals surface area contributed by atoms with Crippen LogP contribution in [0.2, 0.25) is 0 Å². The Bertz CT molecular complexity index is 562. The number of carbonyl (C=O) groups is 4. The topological polar surface area (TPSA) is 188 Å². The molecular formula is C15H24N4O8. The molecule has 2 atom stereocenters. The Labute approximate surface area is 155 Å². The molecule has 0 aliphatic heterocycles. The number of rotatable bonds is 17. The highest BCUT2D eigenvalue weighted by atomic mass is 16.5. The summed E-state index contributed by atoms with van der Waals surface area (Å²) in [6, 6.07) is -2.10. The molecule has 0 aliphatic rings. The molecule has 0 saturated heterocycles. The lowest BCUT2D eigenvalue weighted by Crippen LogP contribution is -2.48. The van der Waals surface area contributed by atoms with E-state index in [1.807, 2.05) is 0 Å². The fourth-order valence-electron chi connectivity index (χ4n) is 1.96. The molecule has 152 valence electrons. The Morgan fingerprint density at radius 2 is 1.70 bits per heavy atom. The minimum atomic E-state index is -1.69. The molecule has 12 nitrogen and oxygen atoms in total. The SMILES string of the molecule is CC(N[C@@H](CCC(=O)O)C(=O)C(=O)O)C(=O)CCOCCOCCN=[N+]=[N-]. The maximum Gasteiger partial charge on any atom is 0.373 e. The summed E-state index contributed by atoms with van der Waals surface area (Å²) < 4.78 is 10.3. The van der Waals surface area contributed by atoms with Gasteiger partial charge in [0.05, 0.1) is 38.5 Å². The molecule has 0 saturated carbocycles. The number of Topliss-reactive ketones (excluding diaryl/α,β-unsaturated/α-hetero) is 2. The number of nitrogens with one attached hydrogen (secondary N) is 1. The molecule has 0 amide bonds. The Balaban J connectivity index is 4.17. The van der Waals surface area contributed by atoms with Crippen LogP contribution in [0.5, 0.6) is 0 Å². The second-order valence-electron chi connectivity index (χ2n) is 5.44. The highest BCUT2D eigenvalue weighted by Gasteiger charge is 2.28. The van der Waals surface area contributed by atoms with Crippen LogP contribution in [-0.4, -0.2) is 78.8 Å². The summed E-state index contributed by atoms with van der Waals surface area (Å²) in [5, 5.41) is 23.3. The molecule has 12 heteroatoms. The van der Waals surface area contributed by atoms with Gasteiger partial charge in [-0.1, -0.05) is 5.11 Å². The quantitative estimate of drug-likeness (QED) is 0.102. The summed E-state index contributed by atoms with van der Waals surface area (Å²) in [5.41, 5.74) is 8.07. The van der Waals surface area contributed by atoms with Crippen molar-refractivity contribution in [2.45, 2.75) is 38.3 Å². The molecule has 0 fully saturated rings. The van der Waals surface area contributed by atoms with Crippen LogP contribution in [0.25, 0.3) is 10.4 Å². The lowest BCUT2D eigenvalue weighted by molar-refractivity contribution is -0.150. The largest absolute Gasteiger partial charge is 0.481 e. The summed E-state index contributed by atoms with van der Waals surface area (Å²) in [5.74, 6) is -4.36. The Kier molecular flexibility index (Phi) is 13.2. The Hall–Kier alpha value is -2.53. The number of ether oxygens (including phenoxy) is 2. The van der Waals surface area contributed by atoms with Gasteiger partial charge in [-0.25, -0.2) is 4.79 Å². The van der Waals surface area contributed by atoms with Gasteiger partial charge in [0.15, 0.2) is 5.78 Å². The van der Waals surface area contributed by atoms with E-state index in [9.17, 15) is 19.2 Å². The summed E-state index contributed by atoms with van der Waals surface area (Å²) in [4.78, 5) is 47.6. The zero-order chi connectivity index (χ0) is 20.7. The van der Waals surface area contributed by atoms with E-state index in [4.69, 9.17) is 25.2 Å². The zero-order valence-corrected chi connectivity index (χ0v) is 15.0. The molecule has 0 aromatic rings. The maximum atomic E-state index is 12.0. The fraction of sp³-hybridized carbons (Fsp3) is 0.733. The standard InChI is InChI=1S/C15H24N4O8/c1-10(18-11(2-3-13(21)22)14(23)15(24)25)12(20)4-6-26-8-9-27-7-5-17-19-16/h10-11,18H,2-9H2,1H3,(H,21,22)(H,24,25)/t10?,11-/m0/s1. The average molecular weight is 388 g/mol. The zero-order valence-electron chi connectivity index (χ0n) is 15.0. The predicted octanol–water partition coefficient (Wildman–Crippen LogP) is 0.154. The summed E-state index contributed by atoms with van der Waals surface area (Å²) in [7, 11) is 0. The molecule has 0 aromatic carbocycles. The van der Waals surface area contributed by atoms with E-state index in [1.54, 1.807) is 0 Å². The van der Waals surface area contributed by atoms with E-state index in [-0.39, 0.29) is 51.6 Å². The lowest BCUT2D eigenvalue weighted by atomic mass is 10.0. The summed E-state index contributed by atoms with van der Waals surface area (Å²) >= 11 is 0. The van der Waals surface area contributed by atoms with Crippen LogP contribution in [0.1, 0.15) is 26.2 Å². The monoisotopic (exact) mass is 388 g/mol. The maximum absolute atomic E-state index is 12.0. The van der Waals surface area contributed by atoms with Crippen molar-refractivity contribution in [1.29, 1.82) is 0 Å². The molecule has 0 aliphatic carbocycles. The highest BCUT2D eigenvalue weighted by Crippen LogP contribution is 2.03. The molecule has 0 rings (SSSR count). The smallest absolute Gasteiger partial charge is 0.373 e. The minimum absolute atomic E-state index is 0.0276. The van der Waals surface area contributed by atoms with Gasteiger partial charge in [0.1, 0.15) is 0 Å². The van der Waals surface area contributed by atoms with Gasteiger partial charge in [0, 0.05) is 24.3 Å². The molecule has 0 radical (unpaired) electrons. The van der Waals surface area contributed by atoms with Gasteiger partial charge < -0.3 is 19.7 Å². The van der Waals surface area contributed by atoms with E-state index >= 15 is 0 Å². The number of carboxylic acid groups (broad SMARTS) is 2. The van der Waals surface area contributed by atoms with Crippen molar-refractivity contribution in [3.63, 3.8) is 0 Å². The van der Waals surface area contributed by atoms with Crippen LogP contribution in [0.15, 0.2) is 5.11 Å². The molecule has 1 unspecified atom stereocenters. The number of hydrogen-bond donors (Lipinski definition) is 3. The van der Waals surface area contributed by atoms with Crippen molar-refractivity contribution in [3.8, 4) is 0 Å². The van der Waals surface area contributed by atoms with Crippen LogP contribution in [-0.2, 0) is 28.7 Å². The van der Waals surface area contributed by atoms with Crippen LogP contribution in [0.4, 0.5) is 0 Å². The Morgan fingerprint density at radius 1 is 1.07 bits per heavy atom. The number of ketones is 2. The van der Waals surface area contributed by atoms with Crippen molar-refractivity contribution >= 4 is 23.5 Å². The number of carbonyl (C=O) groups excluding carboxylic acids is 2. The van der Waals surface area contributed by atoms with E-state index in [2.05, 4.69) is 15.3 Å². The van der Waals surface area contributed by atoms with Crippen LogP contribution >= 0.6 is 0 Å². The molecule has 0 bridgehead atoms. The first-order chi connectivity index (χ1) is 12.8. The first-order valence-corrected chi connectivity index (χ1v) is 8.23. The van der Waals surface area contributed by atoms with Crippen molar-refractivity contribution < 1.29 is 38.9 Å². The lowest BCUT2D eigenvalue weighted by Gasteiger charge is -2.19. The third-order valence-electron chi connectivity index (χ3n) is 3.37. The summed E-state index contributed by atoms with van der Waals surface area (Å²) in [6.07, 6.45) is -0.609. The third-order valence-corrected chi connectivity index (χ3v) is 3.37. The van der Waals surface area contributed by atoms with Gasteiger partial charge in [-0.15, -0.1) is 0 Å². The normalized spacial score (nSPS) is 12.6. The highest BCUT2D eigenvalue weighted by molar-refractivity contribution is 6.34. The Morgan fingerprint density at radius 3 is 2.26 bits per heavy atom. The van der Waals surface area contributed by atoms with Crippen LogP contribution < -0.4 is 5.32 Å². The summed E-state index contributed by atoms with van der Waals surface area (Å²) in [6.45, 7) is 2.57. The fourth-order valence-corrected chi connectivity index (χ4v) is 1.96. The molecular weight excluding hydrogens is 364 g/mol. The first-order valence-electron chi connectivity index (χ1n) is 8.23. The van der Waals surface area contributed by atoms with Crippen LogP contribution in [0, 0.1) is 0 Å². The van der Waals surface area contributed by atoms with E-state index in [0.717, 1.165) is 0 Å². The second-order valence-corrected chi connectivity index (χ2v) is 5.44. The number of hydrogen-bond acceptors (Lipinski definition) is 8. The molecule has 0 aromatic heterocycles. The predicted molar refractivity (Wildman–Crippen MR) is 91.2 cm³/mol. The van der Waals surface area contributed by atoms with E-state index in [0.29, 0.717) is 0 Å². The van der Waals surface area contributed by atoms with Gasteiger partial charge in [-0.3, -0.25) is 19.7 Å². The molecule has 27 heavy (non-hydrogen) atoms. The van der Waals surface area contributed by atoms with E-state index < -0.39 is 36.2 Å². The van der Waals surface area contributed by atoms with E-state index in [1.165, 1.54) is 6.92 Å². The van der Waals surface area contributed by atoms with Gasteiger partial charge in [-0.2, -0.15) is 0 Å². The van der Waals surface area contributed by atoms with Gasteiger partial charge in [-0.05, 0) is 18.9 Å². The van der Waals surface area contributed by atoms with Crippen LogP contribution in [0.3, 0.4) is 0 Å². The van der Waals surface area contributed by atoms with Gasteiger partial charge >= 0.3 is 11.9 Å². The number of aliphatic carboxylic acids is 2. The van der Waals surface area contributed by atoms with Crippen molar-refractivity contribution in [2.24, 2.45) is 5.11 Å². The number of nitrogens with zero attached hydrogens (tertiary/aromatic N) is 3. The van der Waals surface area contributed by atoms with Crippen molar-refractivity contribution in [2.75, 3.05) is 33.0 Å². The van der Waals surface area contributed by atoms with Gasteiger partial charge in [0.2, 0.25) is 0 Å². The third kappa shape index (κ3) is 12.5. The molecule has 3 N–H and O–H groups in total. The number of carboxylic acids is 2. The molecule has 0 heterocycles. The molecule has 0 spiro atoms. The first kappa shape index (κ1) is 24.5. The minimum Gasteiger partial charge on any atom is -0.481 e. The average Bonchev–Trinajstić information content (AvgIpc) is 2.62. The van der Waals surface area contributed by atoms with Crippen molar-refractivity contribution in [3.05, 3.63) is 10.4 Å².